The Morgan fingerprint density at radius 1 is 1.12 bits per heavy atom. The van der Waals surface area contributed by atoms with Crippen LogP contribution in [0.1, 0.15) is 5.56 Å². The van der Waals surface area contributed by atoms with Crippen LogP contribution in [0.4, 0.5) is 0 Å². The van der Waals surface area contributed by atoms with Gasteiger partial charge in [0.25, 0.3) is 5.91 Å². The summed E-state index contributed by atoms with van der Waals surface area (Å²) in [6.45, 7) is -0.139. The number of phenols is 1. The third-order valence-corrected chi connectivity index (χ3v) is 4.23. The molecule has 0 heterocycles. The number of halogens is 1. The molecule has 6 heteroatoms. The predicted octanol–water partition coefficient (Wildman–Crippen LogP) is 3.68. The van der Waals surface area contributed by atoms with Gasteiger partial charge in [-0.1, -0.05) is 30.3 Å². The van der Waals surface area contributed by atoms with Crippen LogP contribution in [0.5, 0.6) is 11.5 Å². The molecule has 0 saturated heterocycles. The van der Waals surface area contributed by atoms with Crippen LogP contribution in [-0.2, 0) is 4.79 Å². The number of nitrogens with zero attached hydrogens (tertiary/aromatic N) is 1. The molecule has 0 aliphatic rings. The van der Waals surface area contributed by atoms with E-state index in [2.05, 4.69) is 33.1 Å². The Kier molecular flexibility index (Phi) is 5.49. The maximum absolute atomic E-state index is 11.8. The molecule has 0 fully saturated rings. The van der Waals surface area contributed by atoms with Gasteiger partial charge in [-0.05, 0) is 63.7 Å². The molecule has 126 valence electrons. The lowest BCUT2D eigenvalue weighted by molar-refractivity contribution is -0.123. The number of hydrogen-bond donors (Lipinski definition) is 2. The monoisotopic (exact) mass is 446 g/mol. The molecule has 0 aliphatic carbocycles. The molecule has 2 N–H and O–H groups in total. The van der Waals surface area contributed by atoms with Gasteiger partial charge in [-0.2, -0.15) is 5.10 Å². The Labute approximate surface area is 158 Å². The fourth-order valence-corrected chi connectivity index (χ4v) is 2.66. The van der Waals surface area contributed by atoms with Gasteiger partial charge < -0.3 is 9.84 Å². The normalized spacial score (nSPS) is 10.9. The van der Waals surface area contributed by atoms with Gasteiger partial charge in [-0.15, -0.1) is 0 Å². The number of aromatic hydroxyl groups is 1. The number of carbonyl (C=O) groups is 1. The van der Waals surface area contributed by atoms with Gasteiger partial charge in [0, 0.05) is 9.13 Å². The van der Waals surface area contributed by atoms with Gasteiger partial charge in [0.2, 0.25) is 0 Å². The molecule has 0 atom stereocenters. The Balaban J connectivity index is 1.62. The highest BCUT2D eigenvalue weighted by atomic mass is 127. The quantitative estimate of drug-likeness (QED) is 0.357. The number of amides is 1. The van der Waals surface area contributed by atoms with Crippen LogP contribution in [0.15, 0.2) is 65.8 Å². The summed E-state index contributed by atoms with van der Waals surface area (Å²) in [4.78, 5) is 11.8. The standard InChI is InChI=1S/C19H15IN2O3/c20-14-6-8-15(9-7-14)25-12-19(24)22-21-11-17-16-4-2-1-3-13(16)5-10-18(17)23/h1-11,23H,12H2,(H,22,24)/b21-11+. The second-order valence-electron chi connectivity index (χ2n) is 5.26. The van der Waals surface area contributed by atoms with E-state index in [-0.39, 0.29) is 18.3 Å². The Morgan fingerprint density at radius 2 is 1.88 bits per heavy atom. The number of hydrogen-bond acceptors (Lipinski definition) is 4. The molecular formula is C19H15IN2O3. The molecular weight excluding hydrogens is 431 g/mol. The first kappa shape index (κ1) is 17.2. The molecule has 0 radical (unpaired) electrons. The van der Waals surface area contributed by atoms with Crippen molar-refractivity contribution in [2.75, 3.05) is 6.61 Å². The van der Waals surface area contributed by atoms with E-state index in [4.69, 9.17) is 4.74 Å². The lowest BCUT2D eigenvalue weighted by atomic mass is 10.0. The first-order valence-electron chi connectivity index (χ1n) is 7.54. The molecule has 0 aliphatic heterocycles. The van der Waals surface area contributed by atoms with Gasteiger partial charge in [0.15, 0.2) is 6.61 Å². The van der Waals surface area contributed by atoms with Crippen molar-refractivity contribution in [2.45, 2.75) is 0 Å². The fourth-order valence-electron chi connectivity index (χ4n) is 2.30. The van der Waals surface area contributed by atoms with E-state index >= 15 is 0 Å². The molecule has 3 rings (SSSR count). The SMILES string of the molecule is O=C(COc1ccc(I)cc1)N/N=C/c1c(O)ccc2ccccc12. The van der Waals surface area contributed by atoms with Crippen LogP contribution in [-0.4, -0.2) is 23.8 Å². The second kappa shape index (κ2) is 7.98. The van der Waals surface area contributed by atoms with Crippen LogP contribution in [0.3, 0.4) is 0 Å². The zero-order valence-electron chi connectivity index (χ0n) is 13.1. The van der Waals surface area contributed by atoms with Gasteiger partial charge >= 0.3 is 0 Å². The summed E-state index contributed by atoms with van der Waals surface area (Å²) in [5.74, 6) is 0.340. The van der Waals surface area contributed by atoms with Crippen molar-refractivity contribution in [3.8, 4) is 11.5 Å². The zero-order chi connectivity index (χ0) is 17.6. The fraction of sp³-hybridized carbons (Fsp3) is 0.0526. The minimum absolute atomic E-state index is 0.104. The van der Waals surface area contributed by atoms with Crippen molar-refractivity contribution in [3.63, 3.8) is 0 Å². The number of nitrogens with one attached hydrogen (secondary N) is 1. The highest BCUT2D eigenvalue weighted by Gasteiger charge is 2.05. The maximum atomic E-state index is 11.8. The molecule has 0 unspecified atom stereocenters. The van der Waals surface area contributed by atoms with Gasteiger partial charge in [-0.3, -0.25) is 4.79 Å². The number of hydrazone groups is 1. The zero-order valence-corrected chi connectivity index (χ0v) is 15.3. The number of carbonyl (C=O) groups excluding carboxylic acids is 1. The van der Waals surface area contributed by atoms with E-state index in [1.54, 1.807) is 18.2 Å². The first-order valence-corrected chi connectivity index (χ1v) is 8.62. The molecule has 3 aromatic carbocycles. The molecule has 5 nitrogen and oxygen atoms in total. The van der Waals surface area contributed by atoms with Gasteiger partial charge in [0.05, 0.1) is 6.21 Å². The molecule has 3 aromatic rings. The number of benzene rings is 3. The number of phenolic OH excluding ortho intramolecular Hbond substituents is 1. The molecule has 1 amide bonds. The van der Waals surface area contributed by atoms with Crippen molar-refractivity contribution >= 4 is 45.5 Å². The number of rotatable bonds is 5. The summed E-state index contributed by atoms with van der Waals surface area (Å²) in [7, 11) is 0. The summed E-state index contributed by atoms with van der Waals surface area (Å²) >= 11 is 2.20. The number of fused-ring (bicyclic) bond motifs is 1. The minimum Gasteiger partial charge on any atom is -0.507 e. The summed E-state index contributed by atoms with van der Waals surface area (Å²) in [5, 5.41) is 15.8. The Hall–Kier alpha value is -2.61. The highest BCUT2D eigenvalue weighted by Crippen LogP contribution is 2.25. The van der Waals surface area contributed by atoms with Gasteiger partial charge in [-0.25, -0.2) is 5.43 Å². The summed E-state index contributed by atoms with van der Waals surface area (Å²) < 4.78 is 6.47. The van der Waals surface area contributed by atoms with Crippen molar-refractivity contribution in [3.05, 3.63) is 69.8 Å². The van der Waals surface area contributed by atoms with Gasteiger partial charge in [0.1, 0.15) is 11.5 Å². The van der Waals surface area contributed by atoms with E-state index in [0.717, 1.165) is 14.3 Å². The third-order valence-electron chi connectivity index (χ3n) is 3.51. The molecule has 0 aromatic heterocycles. The average Bonchev–Trinajstić information content (AvgIpc) is 2.63. The van der Waals surface area contributed by atoms with Crippen molar-refractivity contribution in [2.24, 2.45) is 5.10 Å². The lowest BCUT2D eigenvalue weighted by Crippen LogP contribution is -2.24. The smallest absolute Gasteiger partial charge is 0.277 e. The Morgan fingerprint density at radius 3 is 2.68 bits per heavy atom. The highest BCUT2D eigenvalue weighted by molar-refractivity contribution is 14.1. The van der Waals surface area contributed by atoms with E-state index in [1.807, 2.05) is 42.5 Å². The number of ether oxygens (including phenoxy) is 1. The van der Waals surface area contributed by atoms with Crippen molar-refractivity contribution in [1.82, 2.24) is 5.43 Å². The van der Waals surface area contributed by atoms with Crippen LogP contribution in [0.25, 0.3) is 10.8 Å². The third kappa shape index (κ3) is 4.48. The van der Waals surface area contributed by atoms with Crippen LogP contribution in [0.2, 0.25) is 0 Å². The largest absolute Gasteiger partial charge is 0.507 e. The topological polar surface area (TPSA) is 70.9 Å². The first-order chi connectivity index (χ1) is 12.1. The lowest BCUT2D eigenvalue weighted by Gasteiger charge is -2.06. The maximum Gasteiger partial charge on any atom is 0.277 e. The van der Waals surface area contributed by atoms with Crippen LogP contribution < -0.4 is 10.2 Å². The van der Waals surface area contributed by atoms with Crippen molar-refractivity contribution < 1.29 is 14.6 Å². The van der Waals surface area contributed by atoms with Crippen LogP contribution >= 0.6 is 22.6 Å². The molecule has 0 saturated carbocycles. The van der Waals surface area contributed by atoms with E-state index in [1.165, 1.54) is 6.21 Å². The minimum atomic E-state index is -0.380. The van der Waals surface area contributed by atoms with E-state index in [9.17, 15) is 9.90 Å². The summed E-state index contributed by atoms with van der Waals surface area (Å²) in [6.07, 6.45) is 1.43. The Bertz CT molecular complexity index is 924. The molecule has 25 heavy (non-hydrogen) atoms. The van der Waals surface area contributed by atoms with E-state index < -0.39 is 0 Å². The van der Waals surface area contributed by atoms with Crippen LogP contribution in [0, 0.1) is 3.57 Å². The summed E-state index contributed by atoms with van der Waals surface area (Å²) in [6, 6.07) is 18.5. The van der Waals surface area contributed by atoms with Crippen molar-refractivity contribution in [1.29, 1.82) is 0 Å². The van der Waals surface area contributed by atoms with E-state index in [0.29, 0.717) is 11.3 Å². The molecule has 0 spiro atoms. The molecule has 0 bridgehead atoms. The predicted molar refractivity (Wildman–Crippen MR) is 106 cm³/mol. The average molecular weight is 446 g/mol. The second-order valence-corrected chi connectivity index (χ2v) is 6.50. The summed E-state index contributed by atoms with van der Waals surface area (Å²) in [5.41, 5.74) is 2.95.